The third kappa shape index (κ3) is 7.00. The first kappa shape index (κ1) is 25.6. The van der Waals surface area contributed by atoms with Gasteiger partial charge < -0.3 is 20.1 Å². The number of carbonyl (C=O) groups excluding carboxylic acids is 2. The number of hydrogen-bond acceptors (Lipinski definition) is 5. The number of methoxy groups -OCH3 is 1. The van der Waals surface area contributed by atoms with Crippen LogP contribution in [0.15, 0.2) is 66.2 Å². The van der Waals surface area contributed by atoms with Crippen molar-refractivity contribution in [1.82, 2.24) is 0 Å². The van der Waals surface area contributed by atoms with Gasteiger partial charge in [0.15, 0.2) is 18.1 Å². The quantitative estimate of drug-likeness (QED) is 0.292. The number of nitrogens with zero attached hydrogens (tertiary/aromatic N) is 1. The molecule has 3 aromatic carbocycles. The number of carbonyl (C=O) groups is 2. The van der Waals surface area contributed by atoms with Crippen LogP contribution in [0.5, 0.6) is 11.5 Å². The minimum Gasteiger partial charge on any atom is -0.493 e. The highest BCUT2D eigenvalue weighted by atomic mass is 35.5. The molecule has 0 heterocycles. The highest BCUT2D eigenvalue weighted by Gasteiger charge is 2.13. The van der Waals surface area contributed by atoms with E-state index in [0.717, 1.165) is 5.56 Å². The summed E-state index contributed by atoms with van der Waals surface area (Å²) >= 11 is 12.1. The van der Waals surface area contributed by atoms with E-state index < -0.39 is 5.91 Å². The van der Waals surface area contributed by atoms with Crippen molar-refractivity contribution < 1.29 is 19.1 Å². The lowest BCUT2D eigenvalue weighted by Gasteiger charge is -2.12. The van der Waals surface area contributed by atoms with Gasteiger partial charge in [0.2, 0.25) is 0 Å². The van der Waals surface area contributed by atoms with Crippen LogP contribution in [-0.2, 0) is 9.59 Å². The maximum absolute atomic E-state index is 12.5. The number of ether oxygens (including phenoxy) is 2. The number of anilines is 2. The van der Waals surface area contributed by atoms with Gasteiger partial charge in [0.05, 0.1) is 17.8 Å². The molecule has 0 spiro atoms. The number of rotatable bonds is 8. The maximum Gasteiger partial charge on any atom is 0.266 e. The van der Waals surface area contributed by atoms with Crippen molar-refractivity contribution >= 4 is 52.5 Å². The first-order chi connectivity index (χ1) is 16.8. The number of para-hydroxylation sites is 1. The van der Waals surface area contributed by atoms with Crippen LogP contribution in [-0.4, -0.2) is 25.5 Å². The van der Waals surface area contributed by atoms with E-state index in [0.29, 0.717) is 38.5 Å². The van der Waals surface area contributed by atoms with Crippen LogP contribution in [0.3, 0.4) is 0 Å². The molecule has 35 heavy (non-hydrogen) atoms. The summed E-state index contributed by atoms with van der Waals surface area (Å²) in [6, 6.07) is 18.6. The monoisotopic (exact) mass is 509 g/mol. The molecule has 7 nitrogen and oxygen atoms in total. The number of hydrogen-bond donors (Lipinski definition) is 2. The zero-order valence-electron chi connectivity index (χ0n) is 18.9. The van der Waals surface area contributed by atoms with Crippen LogP contribution in [0, 0.1) is 18.3 Å². The van der Waals surface area contributed by atoms with Crippen LogP contribution >= 0.6 is 23.2 Å². The van der Waals surface area contributed by atoms with Gasteiger partial charge in [-0.2, -0.15) is 5.26 Å². The Morgan fingerprint density at radius 3 is 2.46 bits per heavy atom. The Bertz CT molecular complexity index is 1330. The molecule has 0 bridgehead atoms. The van der Waals surface area contributed by atoms with Crippen molar-refractivity contribution in [3.05, 3.63) is 87.4 Å². The van der Waals surface area contributed by atoms with E-state index in [1.807, 2.05) is 13.0 Å². The minimum atomic E-state index is -0.604. The van der Waals surface area contributed by atoms with E-state index in [9.17, 15) is 14.9 Å². The van der Waals surface area contributed by atoms with Crippen LogP contribution in [0.25, 0.3) is 6.08 Å². The molecule has 0 atom stereocenters. The Hall–Kier alpha value is -3.99. The normalized spacial score (nSPS) is 10.8. The standard InChI is InChI=1S/C26H21Cl2N3O4/c1-16-7-9-19(13-21(16)28)30-25(32)15-35-23-10-8-17(12-24(23)34-2)11-18(14-29)26(33)31-22-6-4-3-5-20(22)27/h3-13H,15H2,1-2H3,(H,30,32)(H,31,33)/b18-11+. The fourth-order valence-corrected chi connectivity index (χ4v) is 3.34. The molecule has 0 radical (unpaired) electrons. The lowest BCUT2D eigenvalue weighted by molar-refractivity contribution is -0.118. The average Bonchev–Trinajstić information content (AvgIpc) is 2.85. The van der Waals surface area contributed by atoms with Gasteiger partial charge >= 0.3 is 0 Å². The second-order valence-corrected chi connectivity index (χ2v) is 8.13. The number of nitriles is 1. The number of nitrogens with one attached hydrogen (secondary N) is 2. The SMILES string of the molecule is COc1cc(/C=C(\C#N)C(=O)Nc2ccccc2Cl)ccc1OCC(=O)Nc1ccc(C)c(Cl)c1. The molecular weight excluding hydrogens is 489 g/mol. The smallest absolute Gasteiger partial charge is 0.266 e. The summed E-state index contributed by atoms with van der Waals surface area (Å²) in [5, 5.41) is 15.7. The first-order valence-electron chi connectivity index (χ1n) is 10.3. The maximum atomic E-state index is 12.5. The van der Waals surface area contributed by atoms with Gasteiger partial charge in [-0.3, -0.25) is 9.59 Å². The molecule has 0 saturated heterocycles. The van der Waals surface area contributed by atoms with E-state index >= 15 is 0 Å². The van der Waals surface area contributed by atoms with E-state index in [1.54, 1.807) is 60.7 Å². The van der Waals surface area contributed by atoms with Crippen molar-refractivity contribution in [2.45, 2.75) is 6.92 Å². The molecule has 0 unspecified atom stereocenters. The number of amides is 2. The summed E-state index contributed by atoms with van der Waals surface area (Å²) in [7, 11) is 1.44. The van der Waals surface area contributed by atoms with Crippen LogP contribution in [0.1, 0.15) is 11.1 Å². The molecule has 0 saturated carbocycles. The van der Waals surface area contributed by atoms with Gasteiger partial charge in [-0.25, -0.2) is 0 Å². The fourth-order valence-electron chi connectivity index (χ4n) is 2.97. The van der Waals surface area contributed by atoms with E-state index in [4.69, 9.17) is 32.7 Å². The molecule has 9 heteroatoms. The van der Waals surface area contributed by atoms with E-state index in [1.165, 1.54) is 13.2 Å². The van der Waals surface area contributed by atoms with Crippen molar-refractivity contribution in [1.29, 1.82) is 5.26 Å². The minimum absolute atomic E-state index is 0.128. The van der Waals surface area contributed by atoms with Crippen LogP contribution < -0.4 is 20.1 Å². The lowest BCUT2D eigenvalue weighted by atomic mass is 10.1. The molecule has 3 aromatic rings. The average molecular weight is 510 g/mol. The zero-order valence-corrected chi connectivity index (χ0v) is 20.4. The largest absolute Gasteiger partial charge is 0.493 e. The van der Waals surface area contributed by atoms with Gasteiger partial charge in [0.1, 0.15) is 11.6 Å². The number of halogens is 2. The summed E-state index contributed by atoms with van der Waals surface area (Å²) in [5.74, 6) is -0.332. The molecule has 0 fully saturated rings. The third-order valence-corrected chi connectivity index (χ3v) is 5.54. The molecule has 178 valence electrons. The molecule has 0 aliphatic rings. The van der Waals surface area contributed by atoms with Gasteiger partial charge in [-0.1, -0.05) is 47.5 Å². The molecule has 0 aromatic heterocycles. The van der Waals surface area contributed by atoms with Crippen LogP contribution in [0.4, 0.5) is 11.4 Å². The van der Waals surface area contributed by atoms with Crippen LogP contribution in [0.2, 0.25) is 10.0 Å². The molecule has 0 aliphatic heterocycles. The molecule has 3 rings (SSSR count). The van der Waals surface area contributed by atoms with E-state index in [2.05, 4.69) is 10.6 Å². The molecular formula is C26H21Cl2N3O4. The third-order valence-electron chi connectivity index (χ3n) is 4.80. The first-order valence-corrected chi connectivity index (χ1v) is 11.1. The summed E-state index contributed by atoms with van der Waals surface area (Å²) in [5.41, 5.74) is 2.25. The zero-order chi connectivity index (χ0) is 25.4. The summed E-state index contributed by atoms with van der Waals surface area (Å²) < 4.78 is 10.9. The van der Waals surface area contributed by atoms with Crippen molar-refractivity contribution in [3.63, 3.8) is 0 Å². The van der Waals surface area contributed by atoms with Gasteiger partial charge in [0.25, 0.3) is 11.8 Å². The second-order valence-electron chi connectivity index (χ2n) is 7.31. The lowest BCUT2D eigenvalue weighted by Crippen LogP contribution is -2.20. The Morgan fingerprint density at radius 1 is 1.00 bits per heavy atom. The second kappa shape index (κ2) is 11.9. The molecule has 2 N–H and O–H groups in total. The highest BCUT2D eigenvalue weighted by molar-refractivity contribution is 6.34. The molecule has 0 aliphatic carbocycles. The Labute approximate surface area is 212 Å². The van der Waals surface area contributed by atoms with Gasteiger partial charge in [0, 0.05) is 10.7 Å². The summed E-state index contributed by atoms with van der Waals surface area (Å²) in [6.07, 6.45) is 1.41. The van der Waals surface area contributed by atoms with Crippen molar-refractivity contribution in [3.8, 4) is 17.6 Å². The van der Waals surface area contributed by atoms with Gasteiger partial charge in [-0.05, 0) is 60.5 Å². The van der Waals surface area contributed by atoms with Crippen molar-refractivity contribution in [2.24, 2.45) is 0 Å². The van der Waals surface area contributed by atoms with Crippen molar-refractivity contribution in [2.75, 3.05) is 24.4 Å². The number of benzene rings is 3. The predicted octanol–water partition coefficient (Wildman–Crippen LogP) is 5.87. The topological polar surface area (TPSA) is 100 Å². The predicted molar refractivity (Wildman–Crippen MR) is 137 cm³/mol. The Kier molecular flexibility index (Phi) is 8.74. The summed E-state index contributed by atoms with van der Waals surface area (Å²) in [6.45, 7) is 1.60. The Balaban J connectivity index is 1.68. The van der Waals surface area contributed by atoms with Gasteiger partial charge in [-0.15, -0.1) is 0 Å². The highest BCUT2D eigenvalue weighted by Crippen LogP contribution is 2.29. The summed E-state index contributed by atoms with van der Waals surface area (Å²) in [4.78, 5) is 24.8. The molecule has 2 amide bonds. The fraction of sp³-hybridized carbons (Fsp3) is 0.115. The van der Waals surface area contributed by atoms with E-state index in [-0.39, 0.29) is 18.1 Å². The number of aryl methyl sites for hydroxylation is 1. The Morgan fingerprint density at radius 2 is 1.77 bits per heavy atom.